The van der Waals surface area contributed by atoms with Crippen LogP contribution in [0, 0.1) is 6.92 Å². The van der Waals surface area contributed by atoms with E-state index in [1.54, 1.807) is 31.3 Å². The summed E-state index contributed by atoms with van der Waals surface area (Å²) in [5.74, 6) is 1.16. The number of carboxylic acids is 1. The molecule has 0 fully saturated rings. The lowest BCUT2D eigenvalue weighted by Gasteiger charge is -2.14. The minimum atomic E-state index is -1.03. The van der Waals surface area contributed by atoms with Crippen molar-refractivity contribution in [1.82, 2.24) is 4.98 Å². The number of ether oxygens (including phenoxy) is 2. The zero-order valence-corrected chi connectivity index (χ0v) is 17.0. The van der Waals surface area contributed by atoms with Crippen molar-refractivity contribution in [2.24, 2.45) is 0 Å². The Labute approximate surface area is 179 Å². The van der Waals surface area contributed by atoms with Gasteiger partial charge in [0.25, 0.3) is 0 Å². The summed E-state index contributed by atoms with van der Waals surface area (Å²) in [6.07, 6.45) is 1.62. The smallest absolute Gasteiger partial charge is 0.336 e. The summed E-state index contributed by atoms with van der Waals surface area (Å²) in [7, 11) is 1.49. The van der Waals surface area contributed by atoms with E-state index in [4.69, 9.17) is 15.2 Å². The fourth-order valence-electron chi connectivity index (χ4n) is 3.35. The van der Waals surface area contributed by atoms with E-state index in [0.29, 0.717) is 40.0 Å². The van der Waals surface area contributed by atoms with Crippen molar-refractivity contribution in [3.05, 3.63) is 78.0 Å². The second-order valence-electron chi connectivity index (χ2n) is 6.96. The third-order valence-electron chi connectivity index (χ3n) is 4.99. The first kappa shape index (κ1) is 20.0. The molecule has 156 valence electrons. The van der Waals surface area contributed by atoms with Gasteiger partial charge >= 0.3 is 5.97 Å². The standard InChI is InChI=1S/C24H21N3O4/c1-14-19(24(28)29)11-16(30-2)12-21(14)27-23-13-15(9-10-26-23)31-22-8-7-20(25)17-5-3-4-6-18(17)22/h3-13H,25H2,1-2H3,(H,26,27)(H,28,29). The molecule has 0 atom stereocenters. The average molecular weight is 415 g/mol. The van der Waals surface area contributed by atoms with Crippen LogP contribution in [0.3, 0.4) is 0 Å². The van der Waals surface area contributed by atoms with Crippen molar-refractivity contribution in [2.75, 3.05) is 18.2 Å². The summed E-state index contributed by atoms with van der Waals surface area (Å²) >= 11 is 0. The molecule has 0 saturated carbocycles. The van der Waals surface area contributed by atoms with E-state index in [1.165, 1.54) is 13.2 Å². The van der Waals surface area contributed by atoms with Crippen molar-refractivity contribution in [1.29, 1.82) is 0 Å². The van der Waals surface area contributed by atoms with Crippen molar-refractivity contribution in [3.63, 3.8) is 0 Å². The number of nitrogens with one attached hydrogen (secondary N) is 1. The third-order valence-corrected chi connectivity index (χ3v) is 4.99. The van der Waals surface area contributed by atoms with Crippen LogP contribution in [0.15, 0.2) is 66.9 Å². The summed E-state index contributed by atoms with van der Waals surface area (Å²) in [5, 5.41) is 14.4. The first-order valence-corrected chi connectivity index (χ1v) is 9.56. The zero-order valence-electron chi connectivity index (χ0n) is 17.0. The molecule has 0 aliphatic carbocycles. The number of rotatable bonds is 6. The fourth-order valence-corrected chi connectivity index (χ4v) is 3.35. The Balaban J connectivity index is 1.66. The number of aromatic nitrogens is 1. The molecule has 31 heavy (non-hydrogen) atoms. The maximum absolute atomic E-state index is 11.6. The highest BCUT2D eigenvalue weighted by molar-refractivity contribution is 5.97. The van der Waals surface area contributed by atoms with Gasteiger partial charge in [0.15, 0.2) is 0 Å². The van der Waals surface area contributed by atoms with Crippen molar-refractivity contribution >= 4 is 33.9 Å². The number of carboxylic acid groups (broad SMARTS) is 1. The summed E-state index contributed by atoms with van der Waals surface area (Å²) < 4.78 is 11.3. The number of fused-ring (bicyclic) bond motifs is 1. The minimum Gasteiger partial charge on any atom is -0.497 e. The van der Waals surface area contributed by atoms with E-state index >= 15 is 0 Å². The molecule has 0 aliphatic rings. The minimum absolute atomic E-state index is 0.155. The van der Waals surface area contributed by atoms with Crippen LogP contribution in [0.5, 0.6) is 17.2 Å². The Morgan fingerprint density at radius 1 is 1.03 bits per heavy atom. The highest BCUT2D eigenvalue weighted by Crippen LogP contribution is 2.34. The molecule has 0 bridgehead atoms. The molecule has 0 radical (unpaired) electrons. The lowest BCUT2D eigenvalue weighted by Crippen LogP contribution is -2.05. The lowest BCUT2D eigenvalue weighted by atomic mass is 10.1. The van der Waals surface area contributed by atoms with Crippen LogP contribution in [-0.4, -0.2) is 23.2 Å². The number of pyridine rings is 1. The number of nitrogens with two attached hydrogens (primary N) is 1. The van der Waals surface area contributed by atoms with Crippen LogP contribution in [0.25, 0.3) is 10.8 Å². The maximum atomic E-state index is 11.6. The fraction of sp³-hybridized carbons (Fsp3) is 0.0833. The van der Waals surface area contributed by atoms with Gasteiger partial charge in [-0.15, -0.1) is 0 Å². The van der Waals surface area contributed by atoms with Gasteiger partial charge in [0, 0.05) is 40.5 Å². The van der Waals surface area contributed by atoms with Gasteiger partial charge in [-0.05, 0) is 36.8 Å². The molecule has 3 aromatic carbocycles. The summed E-state index contributed by atoms with van der Waals surface area (Å²) in [6, 6.07) is 18.1. The average Bonchev–Trinajstić information content (AvgIpc) is 2.77. The third kappa shape index (κ3) is 4.06. The van der Waals surface area contributed by atoms with Gasteiger partial charge < -0.3 is 25.6 Å². The topological polar surface area (TPSA) is 107 Å². The van der Waals surface area contributed by atoms with Gasteiger partial charge in [-0.1, -0.05) is 24.3 Å². The Kier molecular flexibility index (Phi) is 5.32. The molecule has 1 heterocycles. The Hall–Kier alpha value is -4.26. The van der Waals surface area contributed by atoms with Crippen molar-refractivity contribution in [2.45, 2.75) is 6.92 Å². The zero-order chi connectivity index (χ0) is 22.0. The number of hydrogen-bond acceptors (Lipinski definition) is 6. The first-order valence-electron chi connectivity index (χ1n) is 9.56. The predicted octanol–water partition coefficient (Wildman–Crippen LogP) is 5.37. The molecule has 0 amide bonds. The van der Waals surface area contributed by atoms with E-state index in [2.05, 4.69) is 10.3 Å². The van der Waals surface area contributed by atoms with Gasteiger partial charge in [-0.2, -0.15) is 0 Å². The molecule has 0 spiro atoms. The Morgan fingerprint density at radius 2 is 1.81 bits per heavy atom. The van der Waals surface area contributed by atoms with Crippen LogP contribution in [0.2, 0.25) is 0 Å². The number of methoxy groups -OCH3 is 1. The second-order valence-corrected chi connectivity index (χ2v) is 6.96. The van der Waals surface area contributed by atoms with Gasteiger partial charge in [-0.25, -0.2) is 9.78 Å². The molecule has 7 heteroatoms. The molecule has 4 N–H and O–H groups in total. The van der Waals surface area contributed by atoms with Crippen molar-refractivity contribution in [3.8, 4) is 17.2 Å². The van der Waals surface area contributed by atoms with Gasteiger partial charge in [0.05, 0.1) is 12.7 Å². The molecule has 7 nitrogen and oxygen atoms in total. The van der Waals surface area contributed by atoms with Gasteiger partial charge in [0.1, 0.15) is 23.1 Å². The Bertz CT molecular complexity index is 1290. The summed E-state index contributed by atoms with van der Waals surface area (Å²) in [6.45, 7) is 1.73. The van der Waals surface area contributed by atoms with E-state index in [-0.39, 0.29) is 5.56 Å². The number of carbonyl (C=O) groups is 1. The first-order chi connectivity index (χ1) is 15.0. The van der Waals surface area contributed by atoms with E-state index < -0.39 is 5.97 Å². The van der Waals surface area contributed by atoms with Crippen LogP contribution in [-0.2, 0) is 0 Å². The largest absolute Gasteiger partial charge is 0.497 e. The van der Waals surface area contributed by atoms with Crippen LogP contribution in [0.4, 0.5) is 17.2 Å². The highest BCUT2D eigenvalue weighted by atomic mass is 16.5. The molecule has 0 aliphatic heterocycles. The number of anilines is 3. The second kappa shape index (κ2) is 8.23. The molecule has 0 saturated heterocycles. The van der Waals surface area contributed by atoms with Crippen LogP contribution >= 0.6 is 0 Å². The predicted molar refractivity (Wildman–Crippen MR) is 121 cm³/mol. The number of nitrogens with zero attached hydrogens (tertiary/aromatic N) is 1. The number of aromatic carboxylic acids is 1. The molecule has 0 unspecified atom stereocenters. The molecule has 4 aromatic rings. The summed E-state index contributed by atoms with van der Waals surface area (Å²) in [5.41, 5.74) is 8.07. The number of hydrogen-bond donors (Lipinski definition) is 3. The van der Waals surface area contributed by atoms with E-state index in [9.17, 15) is 9.90 Å². The molecule has 4 rings (SSSR count). The van der Waals surface area contributed by atoms with E-state index in [1.807, 2.05) is 36.4 Å². The highest BCUT2D eigenvalue weighted by Gasteiger charge is 2.14. The molecular formula is C24H21N3O4. The molecular weight excluding hydrogens is 394 g/mol. The van der Waals surface area contributed by atoms with Crippen LogP contribution < -0.4 is 20.5 Å². The van der Waals surface area contributed by atoms with Gasteiger partial charge in [-0.3, -0.25) is 0 Å². The van der Waals surface area contributed by atoms with Crippen LogP contribution in [0.1, 0.15) is 15.9 Å². The number of benzene rings is 3. The normalized spacial score (nSPS) is 10.6. The van der Waals surface area contributed by atoms with E-state index in [0.717, 1.165) is 10.8 Å². The quantitative estimate of drug-likeness (QED) is 0.364. The van der Waals surface area contributed by atoms with Gasteiger partial charge in [0.2, 0.25) is 0 Å². The SMILES string of the molecule is COc1cc(Nc2cc(Oc3ccc(N)c4ccccc34)ccn2)c(C)c(C(=O)O)c1. The van der Waals surface area contributed by atoms with Crippen molar-refractivity contribution < 1.29 is 19.4 Å². The monoisotopic (exact) mass is 415 g/mol. The molecule has 1 aromatic heterocycles. The lowest BCUT2D eigenvalue weighted by molar-refractivity contribution is 0.0695. The number of nitrogen functional groups attached to an aromatic ring is 1. The maximum Gasteiger partial charge on any atom is 0.336 e. The summed E-state index contributed by atoms with van der Waals surface area (Å²) in [4.78, 5) is 15.9. The Morgan fingerprint density at radius 3 is 2.55 bits per heavy atom.